The van der Waals surface area contributed by atoms with Gasteiger partial charge in [-0.2, -0.15) is 4.31 Å². The molecule has 8 aromatic rings. The van der Waals surface area contributed by atoms with Gasteiger partial charge in [0.25, 0.3) is 0 Å². The van der Waals surface area contributed by atoms with Crippen molar-refractivity contribution in [3.05, 3.63) is 139 Å². The number of phenolic OH excluding ortho intramolecular Hbond substituents is 2. The van der Waals surface area contributed by atoms with Gasteiger partial charge < -0.3 is 51.8 Å². The molecule has 0 amide bonds. The number of β-amino-alcohol motifs (C(OH)–C–C–N with tert-alkyl or cyclic N) is 1. The summed E-state index contributed by atoms with van der Waals surface area (Å²) >= 11 is 0. The van der Waals surface area contributed by atoms with Crippen molar-refractivity contribution in [1.82, 2.24) is 34.9 Å². The van der Waals surface area contributed by atoms with Crippen LogP contribution in [0.4, 0.5) is 28.8 Å². The number of anilines is 5. The molecule has 0 radical (unpaired) electrons. The lowest BCUT2D eigenvalue weighted by molar-refractivity contribution is 0.167. The first-order valence-electron chi connectivity index (χ1n) is 23.7. The Kier molecular flexibility index (Phi) is 12.3. The summed E-state index contributed by atoms with van der Waals surface area (Å²) in [6.07, 6.45) is 0.560. The molecule has 11 rings (SSSR count). The third-order valence-corrected chi connectivity index (χ3v) is 15.4. The molecule has 3 saturated heterocycles. The Bertz CT molecular complexity index is 3480. The van der Waals surface area contributed by atoms with E-state index in [0.717, 1.165) is 5.75 Å². The second kappa shape index (κ2) is 19.2. The average molecular weight is 999 g/mol. The first-order valence-corrected chi connectivity index (χ1v) is 25.1. The fraction of sp³-hybridized carbons (Fsp3) is 0.208. The molecule has 0 saturated carbocycles. The van der Waals surface area contributed by atoms with E-state index in [0.29, 0.717) is 112 Å². The minimum absolute atomic E-state index is 0.0488. The number of hydrogen-bond donors (Lipinski definition) is 6. The largest absolute Gasteiger partial charge is 0.507 e. The van der Waals surface area contributed by atoms with E-state index in [-0.39, 0.29) is 59.0 Å². The third-order valence-electron chi connectivity index (χ3n) is 13.5. The van der Waals surface area contributed by atoms with Crippen molar-refractivity contribution in [2.75, 3.05) is 66.3 Å². The lowest BCUT2D eigenvalue weighted by atomic mass is 9.97. The summed E-state index contributed by atoms with van der Waals surface area (Å²) in [5.41, 5.74) is 25.0. The molecule has 0 spiro atoms. The summed E-state index contributed by atoms with van der Waals surface area (Å²) in [5, 5.41) is 57.5. The van der Waals surface area contributed by atoms with Crippen molar-refractivity contribution in [3.63, 3.8) is 0 Å². The summed E-state index contributed by atoms with van der Waals surface area (Å²) in [4.78, 5) is 4.13. The Morgan fingerprint density at radius 2 is 1.19 bits per heavy atom. The van der Waals surface area contributed by atoms with Gasteiger partial charge in [-0.25, -0.2) is 8.42 Å². The zero-order chi connectivity index (χ0) is 50.4. The number of nitrogens with zero attached hydrogens (tertiary/aromatic N) is 9. The minimum atomic E-state index is -3.92. The first-order chi connectivity index (χ1) is 35.3. The Labute approximate surface area is 420 Å². The van der Waals surface area contributed by atoms with E-state index in [4.69, 9.17) is 26.7 Å². The number of nitrogen functional groups attached to an aromatic ring is 3. The first kappa shape index (κ1) is 46.8. The number of benzene rings is 5. The quantitative estimate of drug-likeness (QED) is 0.0701. The van der Waals surface area contributed by atoms with Crippen LogP contribution in [0.1, 0.15) is 24.3 Å². The number of phenols is 2. The van der Waals surface area contributed by atoms with Crippen LogP contribution >= 0.6 is 0 Å². The van der Waals surface area contributed by atoms with Crippen molar-refractivity contribution in [3.8, 4) is 73.6 Å². The molecular weight excluding hydrogens is 949 g/mol. The van der Waals surface area contributed by atoms with Gasteiger partial charge in [0.15, 0.2) is 11.6 Å². The third kappa shape index (κ3) is 9.41. The molecular formula is C53H50N12O7S. The number of aromatic nitrogens is 6. The minimum Gasteiger partial charge on any atom is -0.507 e. The van der Waals surface area contributed by atoms with E-state index >= 15 is 0 Å². The van der Waals surface area contributed by atoms with Crippen LogP contribution in [0.5, 0.6) is 28.7 Å². The monoisotopic (exact) mass is 998 g/mol. The highest BCUT2D eigenvalue weighted by molar-refractivity contribution is 7.89. The van der Waals surface area contributed by atoms with E-state index in [1.807, 2.05) is 59.5 Å². The fourth-order valence-corrected chi connectivity index (χ4v) is 11.1. The summed E-state index contributed by atoms with van der Waals surface area (Å²) in [7, 11) is -3.92. The normalized spacial score (nSPS) is 17.2. The van der Waals surface area contributed by atoms with Crippen LogP contribution in [0.25, 0.3) is 44.9 Å². The molecule has 2 unspecified atom stereocenters. The molecule has 6 heterocycles. The number of rotatable bonds is 13. The molecule has 73 heavy (non-hydrogen) atoms. The van der Waals surface area contributed by atoms with E-state index < -0.39 is 16.1 Å². The zero-order valence-corrected chi connectivity index (χ0v) is 40.0. The topological polar surface area (TPSA) is 278 Å². The van der Waals surface area contributed by atoms with Crippen LogP contribution in [-0.2, 0) is 10.0 Å². The molecule has 5 aromatic carbocycles. The maximum absolute atomic E-state index is 14.2. The fourth-order valence-electron chi connectivity index (χ4n) is 9.56. The van der Waals surface area contributed by atoms with Crippen LogP contribution in [0, 0.1) is 0 Å². The lowest BCUT2D eigenvalue weighted by Gasteiger charge is -2.40. The summed E-state index contributed by atoms with van der Waals surface area (Å²) in [6.45, 7) is 2.60. The molecule has 0 aliphatic carbocycles. The maximum Gasteiger partial charge on any atom is 0.243 e. The predicted octanol–water partition coefficient (Wildman–Crippen LogP) is 6.69. The highest BCUT2D eigenvalue weighted by Crippen LogP contribution is 2.42. The molecule has 0 bridgehead atoms. The summed E-state index contributed by atoms with van der Waals surface area (Å²) in [5.74, 6) is 1.92. The molecule has 19 nitrogen and oxygen atoms in total. The van der Waals surface area contributed by atoms with E-state index in [9.17, 15) is 23.7 Å². The zero-order valence-electron chi connectivity index (χ0n) is 39.2. The Balaban J connectivity index is 0.884. The summed E-state index contributed by atoms with van der Waals surface area (Å²) < 4.78 is 42.6. The Morgan fingerprint density at radius 3 is 1.90 bits per heavy atom. The molecule has 3 aliphatic heterocycles. The van der Waals surface area contributed by atoms with Crippen molar-refractivity contribution < 1.29 is 33.2 Å². The van der Waals surface area contributed by atoms with Gasteiger partial charge in [-0.05, 0) is 109 Å². The van der Waals surface area contributed by atoms with Gasteiger partial charge >= 0.3 is 0 Å². The van der Waals surface area contributed by atoms with Gasteiger partial charge in [0.05, 0.1) is 52.5 Å². The number of aromatic hydroxyl groups is 2. The van der Waals surface area contributed by atoms with E-state index in [1.165, 1.54) is 10.4 Å². The smallest absolute Gasteiger partial charge is 0.243 e. The number of aliphatic hydroxyl groups is 1. The standard InChI is InChI=1S/C53H50N12O7S/c54-51-41(24-43(57-60-51)39-8-4-5-9-48(39)67)33-18-21-65(27-33)73(69,70)38-14-10-31(11-15-38)32-12-16-40(44-25-47(53(56)62-58-44)64-29-37(30-64)71-35-6-2-1-3-7-35)50(22-32)72-36-13-17-49(68)42(23-36)45-26-46(52(55)61-59-45)63-20-19-34(66)28-63/h1-17,22-26,33-34,37,66-68H,18-21,27-30H2,(H2,54,60)(H2,55,61)(H2,56,62). The number of ether oxygens (including phenoxy) is 2. The van der Waals surface area contributed by atoms with Crippen molar-refractivity contribution in [2.45, 2.75) is 35.9 Å². The van der Waals surface area contributed by atoms with Gasteiger partial charge in [0.2, 0.25) is 10.0 Å². The maximum atomic E-state index is 14.2. The molecule has 3 fully saturated rings. The molecule has 370 valence electrons. The molecule has 20 heteroatoms. The van der Waals surface area contributed by atoms with Gasteiger partial charge in [-0.1, -0.05) is 48.5 Å². The van der Waals surface area contributed by atoms with Crippen LogP contribution < -0.4 is 36.5 Å². The number of aliphatic hydroxyl groups excluding tert-OH is 1. The van der Waals surface area contributed by atoms with Crippen molar-refractivity contribution >= 4 is 38.9 Å². The van der Waals surface area contributed by atoms with Gasteiger partial charge in [0, 0.05) is 54.4 Å². The van der Waals surface area contributed by atoms with E-state index in [2.05, 4.69) is 35.5 Å². The SMILES string of the molecule is Nc1nnc(-c2ccccc2O)cc1C1CCN(S(=O)(=O)c2ccc(-c3ccc(-c4cc(N5CC(Oc6ccccc6)C5)c(N)nn4)c(Oc4ccc(O)c(-c5cc(N6CCC(O)C6)c(N)nn5)c4)c3)cc2)C1. The molecule has 2 atom stereocenters. The average Bonchev–Trinajstić information content (AvgIpc) is 4.07. The number of sulfonamides is 1. The number of para-hydroxylation sites is 2. The highest BCUT2D eigenvalue weighted by Gasteiger charge is 2.35. The van der Waals surface area contributed by atoms with Crippen LogP contribution in [0.2, 0.25) is 0 Å². The van der Waals surface area contributed by atoms with E-state index in [1.54, 1.807) is 72.8 Å². The van der Waals surface area contributed by atoms with Crippen LogP contribution in [0.15, 0.2) is 138 Å². The summed E-state index contributed by atoms with van der Waals surface area (Å²) in [6, 6.07) is 38.8. The number of hydrogen-bond acceptors (Lipinski definition) is 18. The second-order valence-corrected chi connectivity index (χ2v) is 20.2. The van der Waals surface area contributed by atoms with Gasteiger partial charge in [0.1, 0.15) is 40.7 Å². The Hall–Kier alpha value is -8.59. The lowest BCUT2D eigenvalue weighted by Crippen LogP contribution is -2.54. The van der Waals surface area contributed by atoms with Gasteiger partial charge in [-0.3, -0.25) is 0 Å². The number of nitrogens with two attached hydrogens (primary N) is 3. The second-order valence-electron chi connectivity index (χ2n) is 18.3. The predicted molar refractivity (Wildman–Crippen MR) is 277 cm³/mol. The van der Waals surface area contributed by atoms with Crippen LogP contribution in [-0.4, -0.2) is 110 Å². The highest BCUT2D eigenvalue weighted by atomic mass is 32.2. The van der Waals surface area contributed by atoms with Gasteiger partial charge in [-0.15, -0.1) is 30.6 Å². The van der Waals surface area contributed by atoms with Crippen LogP contribution in [0.3, 0.4) is 0 Å². The molecule has 9 N–H and O–H groups in total. The van der Waals surface area contributed by atoms with Crippen molar-refractivity contribution in [1.29, 1.82) is 0 Å². The molecule has 3 aromatic heterocycles. The van der Waals surface area contributed by atoms with Crippen molar-refractivity contribution in [2.24, 2.45) is 0 Å². The Morgan fingerprint density at radius 1 is 0.548 bits per heavy atom. The molecule has 3 aliphatic rings.